The highest BCUT2D eigenvalue weighted by molar-refractivity contribution is 6.30. The molecule has 2 aliphatic rings. The number of aromatic nitrogens is 2. The van der Waals surface area contributed by atoms with E-state index in [0.717, 1.165) is 62.0 Å². The van der Waals surface area contributed by atoms with E-state index in [0.29, 0.717) is 37.7 Å². The fraction of sp³-hybridized carbons (Fsp3) is 0.414. The third-order valence-corrected chi connectivity index (χ3v) is 7.59. The first kappa shape index (κ1) is 26.4. The van der Waals surface area contributed by atoms with Crippen molar-refractivity contribution in [2.45, 2.75) is 26.4 Å². The number of anilines is 1. The van der Waals surface area contributed by atoms with E-state index >= 15 is 0 Å². The van der Waals surface area contributed by atoms with Crippen LogP contribution in [0, 0.1) is 6.92 Å². The van der Waals surface area contributed by atoms with E-state index in [9.17, 15) is 9.59 Å². The van der Waals surface area contributed by atoms with Gasteiger partial charge in [-0.15, -0.1) is 0 Å². The zero-order valence-corrected chi connectivity index (χ0v) is 22.7. The lowest BCUT2D eigenvalue weighted by Crippen LogP contribution is -2.45. The molecule has 3 aromatic rings. The maximum atomic E-state index is 13.0. The summed E-state index contributed by atoms with van der Waals surface area (Å²) in [6, 6.07) is 17.4. The van der Waals surface area contributed by atoms with Gasteiger partial charge in [0.05, 0.1) is 5.69 Å². The van der Waals surface area contributed by atoms with Gasteiger partial charge in [0, 0.05) is 82.1 Å². The van der Waals surface area contributed by atoms with Crippen LogP contribution in [0.5, 0.6) is 0 Å². The molecule has 2 aliphatic heterocycles. The Morgan fingerprint density at radius 1 is 0.868 bits per heavy atom. The first-order valence-corrected chi connectivity index (χ1v) is 13.7. The van der Waals surface area contributed by atoms with Gasteiger partial charge < -0.3 is 9.80 Å². The van der Waals surface area contributed by atoms with Gasteiger partial charge in [0.25, 0.3) is 11.5 Å². The van der Waals surface area contributed by atoms with Crippen molar-refractivity contribution in [3.05, 3.63) is 92.4 Å². The second-order valence-corrected chi connectivity index (χ2v) is 10.7. The lowest BCUT2D eigenvalue weighted by atomic mass is 10.1. The van der Waals surface area contributed by atoms with Gasteiger partial charge in [-0.2, -0.15) is 0 Å². The molecular weight excluding hydrogens is 500 g/mol. The summed E-state index contributed by atoms with van der Waals surface area (Å²) in [6.45, 7) is 10.0. The summed E-state index contributed by atoms with van der Waals surface area (Å²) in [5.41, 5.74) is 3.76. The highest BCUT2D eigenvalue weighted by Gasteiger charge is 2.23. The number of aromatic amines is 1. The fourth-order valence-corrected chi connectivity index (χ4v) is 5.24. The predicted molar refractivity (Wildman–Crippen MR) is 151 cm³/mol. The maximum Gasteiger partial charge on any atom is 0.253 e. The van der Waals surface area contributed by atoms with Crippen LogP contribution in [0.25, 0.3) is 0 Å². The number of benzene rings is 2. The predicted octanol–water partition coefficient (Wildman–Crippen LogP) is 3.40. The van der Waals surface area contributed by atoms with Crippen LogP contribution in [-0.4, -0.2) is 82.9 Å². The normalized spacial score (nSPS) is 17.4. The second kappa shape index (κ2) is 12.1. The average molecular weight is 535 g/mol. The molecule has 0 atom stereocenters. The van der Waals surface area contributed by atoms with Crippen LogP contribution in [-0.2, 0) is 13.1 Å². The number of carbonyl (C=O) groups is 1. The molecule has 5 rings (SSSR count). The van der Waals surface area contributed by atoms with Gasteiger partial charge >= 0.3 is 0 Å². The van der Waals surface area contributed by atoms with Crippen LogP contribution < -0.4 is 10.5 Å². The van der Waals surface area contributed by atoms with Crippen LogP contribution in [0.1, 0.15) is 33.6 Å². The zero-order valence-electron chi connectivity index (χ0n) is 21.9. The van der Waals surface area contributed by atoms with Gasteiger partial charge in [-0.05, 0) is 43.2 Å². The molecule has 0 bridgehead atoms. The largest absolute Gasteiger partial charge is 0.340 e. The quantitative estimate of drug-likeness (QED) is 0.522. The van der Waals surface area contributed by atoms with Crippen molar-refractivity contribution in [1.82, 2.24) is 24.7 Å². The summed E-state index contributed by atoms with van der Waals surface area (Å²) in [6.07, 6.45) is 0.821. The van der Waals surface area contributed by atoms with Crippen molar-refractivity contribution >= 4 is 23.5 Å². The van der Waals surface area contributed by atoms with Crippen molar-refractivity contribution in [3.63, 3.8) is 0 Å². The zero-order chi connectivity index (χ0) is 26.5. The molecule has 2 fully saturated rings. The third-order valence-electron chi connectivity index (χ3n) is 7.33. The van der Waals surface area contributed by atoms with Gasteiger partial charge in [-0.1, -0.05) is 41.4 Å². The Morgan fingerprint density at radius 2 is 1.55 bits per heavy atom. The lowest BCUT2D eigenvalue weighted by Gasteiger charge is -2.34. The van der Waals surface area contributed by atoms with Crippen LogP contribution in [0.2, 0.25) is 5.02 Å². The van der Waals surface area contributed by atoms with E-state index < -0.39 is 0 Å². The monoisotopic (exact) mass is 534 g/mol. The minimum Gasteiger partial charge on any atom is -0.340 e. The number of piperazine rings is 1. The molecule has 38 heavy (non-hydrogen) atoms. The molecule has 0 saturated carbocycles. The fourth-order valence-electron chi connectivity index (χ4n) is 5.12. The molecule has 1 N–H and O–H groups in total. The van der Waals surface area contributed by atoms with Crippen molar-refractivity contribution in [3.8, 4) is 0 Å². The van der Waals surface area contributed by atoms with Crippen molar-refractivity contribution in [2.75, 3.05) is 57.3 Å². The highest BCUT2D eigenvalue weighted by Crippen LogP contribution is 2.16. The number of rotatable bonds is 6. The molecule has 2 aromatic carbocycles. The summed E-state index contributed by atoms with van der Waals surface area (Å²) < 4.78 is 0. The van der Waals surface area contributed by atoms with Crippen molar-refractivity contribution in [2.24, 2.45) is 0 Å². The molecule has 9 heteroatoms. The number of halogens is 1. The summed E-state index contributed by atoms with van der Waals surface area (Å²) in [7, 11) is 0. The van der Waals surface area contributed by atoms with Gasteiger partial charge in [-0.25, -0.2) is 4.98 Å². The smallest absolute Gasteiger partial charge is 0.253 e. The minimum atomic E-state index is -0.136. The van der Waals surface area contributed by atoms with E-state index in [2.05, 4.69) is 31.8 Å². The van der Waals surface area contributed by atoms with Crippen molar-refractivity contribution < 1.29 is 4.79 Å². The average Bonchev–Trinajstić information content (AvgIpc) is 3.17. The number of hydrogen-bond acceptors (Lipinski definition) is 6. The molecule has 0 aliphatic carbocycles. The number of amides is 1. The standard InChI is InChI=1S/C29H35ClN6O2/c1-22-3-7-24(8-4-22)28(38)35-11-2-12-36(18-17-35)29-31-26(19-27(37)32-29)21-34-15-13-33(14-16-34)20-23-5-9-25(30)10-6-23/h3-10,19H,2,11-18,20-21H2,1H3,(H,31,32,37). The molecule has 8 nitrogen and oxygen atoms in total. The van der Waals surface area contributed by atoms with Gasteiger partial charge in [0.2, 0.25) is 5.95 Å². The van der Waals surface area contributed by atoms with E-state index in [4.69, 9.17) is 16.6 Å². The second-order valence-electron chi connectivity index (χ2n) is 10.2. The maximum absolute atomic E-state index is 13.0. The Hall–Kier alpha value is -3.20. The molecule has 1 aromatic heterocycles. The molecule has 2 saturated heterocycles. The molecule has 0 radical (unpaired) electrons. The van der Waals surface area contributed by atoms with E-state index in [1.54, 1.807) is 6.07 Å². The first-order valence-electron chi connectivity index (χ1n) is 13.3. The molecule has 0 unspecified atom stereocenters. The number of hydrogen-bond donors (Lipinski definition) is 1. The van der Waals surface area contributed by atoms with E-state index in [-0.39, 0.29) is 11.5 Å². The topological polar surface area (TPSA) is 75.8 Å². The number of nitrogens with one attached hydrogen (secondary N) is 1. The summed E-state index contributed by atoms with van der Waals surface area (Å²) in [5.74, 6) is 0.649. The van der Waals surface area contributed by atoms with Gasteiger partial charge in [-0.3, -0.25) is 24.4 Å². The Morgan fingerprint density at radius 3 is 2.26 bits per heavy atom. The number of carbonyl (C=O) groups excluding carboxylic acids is 1. The molecule has 200 valence electrons. The minimum absolute atomic E-state index is 0.0530. The number of H-pyrrole nitrogens is 1. The van der Waals surface area contributed by atoms with E-state index in [1.165, 1.54) is 5.56 Å². The van der Waals surface area contributed by atoms with E-state index in [1.807, 2.05) is 48.2 Å². The summed E-state index contributed by atoms with van der Waals surface area (Å²) in [4.78, 5) is 42.1. The molecule has 1 amide bonds. The van der Waals surface area contributed by atoms with Crippen LogP contribution >= 0.6 is 11.6 Å². The Kier molecular flexibility index (Phi) is 8.42. The molecule has 0 spiro atoms. The highest BCUT2D eigenvalue weighted by atomic mass is 35.5. The summed E-state index contributed by atoms with van der Waals surface area (Å²) >= 11 is 6.01. The third kappa shape index (κ3) is 6.81. The first-order chi connectivity index (χ1) is 18.4. The van der Waals surface area contributed by atoms with Gasteiger partial charge in [0.15, 0.2) is 0 Å². The Bertz CT molecular complexity index is 1290. The van der Waals surface area contributed by atoms with Crippen LogP contribution in [0.4, 0.5) is 5.95 Å². The molecule has 3 heterocycles. The van der Waals surface area contributed by atoms with Gasteiger partial charge in [0.1, 0.15) is 0 Å². The Labute approximate surface area is 228 Å². The SMILES string of the molecule is Cc1ccc(C(=O)N2CCCN(c3nc(CN4CCN(Cc5ccc(Cl)cc5)CC4)cc(=O)[nH]3)CC2)cc1. The van der Waals surface area contributed by atoms with Crippen LogP contribution in [0.3, 0.4) is 0 Å². The number of nitrogens with zero attached hydrogens (tertiary/aromatic N) is 5. The molecular formula is C29H35ClN6O2. The summed E-state index contributed by atoms with van der Waals surface area (Å²) in [5, 5.41) is 0.761. The van der Waals surface area contributed by atoms with Crippen molar-refractivity contribution in [1.29, 1.82) is 0 Å². The van der Waals surface area contributed by atoms with Crippen LogP contribution in [0.15, 0.2) is 59.4 Å². The Balaban J connectivity index is 1.16. The lowest BCUT2D eigenvalue weighted by molar-refractivity contribution is 0.0767. The number of aryl methyl sites for hydroxylation is 1.